The molecule has 1 aromatic carbocycles. The summed E-state index contributed by atoms with van der Waals surface area (Å²) in [6.07, 6.45) is 2.05. The van der Waals surface area contributed by atoms with Crippen LogP contribution in [0.2, 0.25) is 5.02 Å². The average Bonchev–Trinajstić information content (AvgIpc) is 3.31. The van der Waals surface area contributed by atoms with Gasteiger partial charge in [0.25, 0.3) is 5.91 Å². The van der Waals surface area contributed by atoms with Crippen LogP contribution in [0.1, 0.15) is 23.2 Å². The van der Waals surface area contributed by atoms with Crippen molar-refractivity contribution >= 4 is 23.4 Å². The molecule has 0 unspecified atom stereocenters. The van der Waals surface area contributed by atoms with Gasteiger partial charge in [-0.05, 0) is 25.0 Å². The Morgan fingerprint density at radius 3 is 2.20 bits per heavy atom. The summed E-state index contributed by atoms with van der Waals surface area (Å²) >= 11 is 6.06. The molecule has 1 saturated carbocycles. The number of benzene rings is 1. The second-order valence-electron chi connectivity index (χ2n) is 5.37. The first-order valence-corrected chi connectivity index (χ1v) is 7.37. The Labute approximate surface area is 123 Å². The summed E-state index contributed by atoms with van der Waals surface area (Å²) < 4.78 is 0. The molecule has 2 amide bonds. The molecule has 1 aliphatic carbocycles. The fourth-order valence-corrected chi connectivity index (χ4v) is 2.74. The molecule has 0 radical (unpaired) electrons. The van der Waals surface area contributed by atoms with Gasteiger partial charge in [-0.1, -0.05) is 23.7 Å². The zero-order valence-electron chi connectivity index (χ0n) is 11.2. The van der Waals surface area contributed by atoms with Gasteiger partial charge >= 0.3 is 0 Å². The lowest BCUT2D eigenvalue weighted by Crippen LogP contribution is -2.51. The lowest BCUT2D eigenvalue weighted by molar-refractivity contribution is -0.134. The number of carbonyl (C=O) groups is 2. The number of amides is 2. The lowest BCUT2D eigenvalue weighted by atomic mass is 10.1. The molecule has 0 spiro atoms. The topological polar surface area (TPSA) is 40.6 Å². The highest BCUT2D eigenvalue weighted by Crippen LogP contribution is 2.31. The molecule has 5 heteroatoms. The van der Waals surface area contributed by atoms with Crippen molar-refractivity contribution in [1.29, 1.82) is 0 Å². The first-order chi connectivity index (χ1) is 9.66. The summed E-state index contributed by atoms with van der Waals surface area (Å²) in [4.78, 5) is 28.0. The van der Waals surface area contributed by atoms with Gasteiger partial charge in [0.2, 0.25) is 5.91 Å². The number of halogens is 1. The van der Waals surface area contributed by atoms with Crippen LogP contribution in [0.15, 0.2) is 24.3 Å². The predicted octanol–water partition coefficient (Wildman–Crippen LogP) is 2.03. The van der Waals surface area contributed by atoms with Crippen LogP contribution in [-0.4, -0.2) is 47.8 Å². The van der Waals surface area contributed by atoms with E-state index in [1.54, 1.807) is 17.0 Å². The van der Waals surface area contributed by atoms with Crippen LogP contribution in [0.25, 0.3) is 0 Å². The third-order valence-electron chi connectivity index (χ3n) is 3.91. The van der Waals surface area contributed by atoms with Gasteiger partial charge in [0.05, 0.1) is 10.6 Å². The van der Waals surface area contributed by atoms with E-state index >= 15 is 0 Å². The minimum atomic E-state index is -0.0471. The smallest absolute Gasteiger partial charge is 0.255 e. The van der Waals surface area contributed by atoms with Gasteiger partial charge in [0.1, 0.15) is 0 Å². The standard InChI is InChI=1S/C15H17ClN2O2/c16-13-4-2-1-3-12(13)15(20)18-9-7-17(8-10-18)14(19)11-5-6-11/h1-4,11H,5-10H2. The maximum Gasteiger partial charge on any atom is 0.255 e. The van der Waals surface area contributed by atoms with Crippen LogP contribution >= 0.6 is 11.6 Å². The fourth-order valence-electron chi connectivity index (χ4n) is 2.52. The predicted molar refractivity (Wildman–Crippen MR) is 76.7 cm³/mol. The molecule has 1 aromatic rings. The fraction of sp³-hybridized carbons (Fsp3) is 0.467. The Morgan fingerprint density at radius 1 is 1.00 bits per heavy atom. The highest BCUT2D eigenvalue weighted by Gasteiger charge is 2.35. The molecule has 0 N–H and O–H groups in total. The van der Waals surface area contributed by atoms with Crippen molar-refractivity contribution in [3.8, 4) is 0 Å². The first kappa shape index (κ1) is 13.4. The molecule has 4 nitrogen and oxygen atoms in total. The third-order valence-corrected chi connectivity index (χ3v) is 4.24. The summed E-state index contributed by atoms with van der Waals surface area (Å²) in [6.45, 7) is 2.43. The minimum Gasteiger partial charge on any atom is -0.339 e. The van der Waals surface area contributed by atoms with Crippen LogP contribution in [0.3, 0.4) is 0 Å². The summed E-state index contributed by atoms with van der Waals surface area (Å²) in [5, 5.41) is 0.481. The lowest BCUT2D eigenvalue weighted by Gasteiger charge is -2.35. The molecule has 0 bridgehead atoms. The van der Waals surface area contributed by atoms with E-state index in [-0.39, 0.29) is 17.7 Å². The molecular weight excluding hydrogens is 276 g/mol. The highest BCUT2D eigenvalue weighted by atomic mass is 35.5. The first-order valence-electron chi connectivity index (χ1n) is 6.99. The Kier molecular flexibility index (Phi) is 3.66. The third kappa shape index (κ3) is 2.66. The Hall–Kier alpha value is -1.55. The zero-order chi connectivity index (χ0) is 14.1. The highest BCUT2D eigenvalue weighted by molar-refractivity contribution is 6.33. The van der Waals surface area contributed by atoms with E-state index < -0.39 is 0 Å². The van der Waals surface area contributed by atoms with Crippen LogP contribution in [0.5, 0.6) is 0 Å². The van der Waals surface area contributed by atoms with Gasteiger partial charge in [0.15, 0.2) is 0 Å². The van der Waals surface area contributed by atoms with E-state index in [1.165, 1.54) is 0 Å². The maximum atomic E-state index is 12.4. The molecule has 1 aliphatic heterocycles. The zero-order valence-corrected chi connectivity index (χ0v) is 12.0. The SMILES string of the molecule is O=C(c1ccccc1Cl)N1CCN(C(=O)C2CC2)CC1. The van der Waals surface area contributed by atoms with Gasteiger partial charge in [-0.25, -0.2) is 0 Å². The molecule has 2 aliphatic rings. The van der Waals surface area contributed by atoms with E-state index in [9.17, 15) is 9.59 Å². The number of hydrogen-bond acceptors (Lipinski definition) is 2. The van der Waals surface area contributed by atoms with Crippen LogP contribution in [-0.2, 0) is 4.79 Å². The van der Waals surface area contributed by atoms with Crippen molar-refractivity contribution in [2.75, 3.05) is 26.2 Å². The number of hydrogen-bond donors (Lipinski definition) is 0. The van der Waals surface area contributed by atoms with Crippen molar-refractivity contribution in [3.05, 3.63) is 34.9 Å². The van der Waals surface area contributed by atoms with E-state index in [1.807, 2.05) is 17.0 Å². The van der Waals surface area contributed by atoms with Gasteiger partial charge in [-0.2, -0.15) is 0 Å². The van der Waals surface area contributed by atoms with Gasteiger partial charge < -0.3 is 9.80 Å². The van der Waals surface area contributed by atoms with Crippen LogP contribution in [0, 0.1) is 5.92 Å². The van der Waals surface area contributed by atoms with E-state index in [4.69, 9.17) is 11.6 Å². The number of carbonyl (C=O) groups excluding carboxylic acids is 2. The maximum absolute atomic E-state index is 12.4. The van der Waals surface area contributed by atoms with Crippen LogP contribution in [0.4, 0.5) is 0 Å². The number of nitrogens with zero attached hydrogens (tertiary/aromatic N) is 2. The molecule has 0 atom stereocenters. The molecule has 3 rings (SSSR count). The van der Waals surface area contributed by atoms with Gasteiger partial charge in [-0.3, -0.25) is 9.59 Å². The summed E-state index contributed by atoms with van der Waals surface area (Å²) in [5.41, 5.74) is 0.538. The van der Waals surface area contributed by atoms with Crippen molar-refractivity contribution in [3.63, 3.8) is 0 Å². The van der Waals surface area contributed by atoms with Crippen molar-refractivity contribution in [2.45, 2.75) is 12.8 Å². The average molecular weight is 293 g/mol. The molecule has 1 saturated heterocycles. The Balaban J connectivity index is 1.61. The van der Waals surface area contributed by atoms with E-state index in [0.29, 0.717) is 36.8 Å². The monoisotopic (exact) mass is 292 g/mol. The molecule has 2 fully saturated rings. The normalized spacial score (nSPS) is 19.1. The number of rotatable bonds is 2. The van der Waals surface area contributed by atoms with E-state index in [2.05, 4.69) is 0 Å². The van der Waals surface area contributed by atoms with Gasteiger partial charge in [0, 0.05) is 32.1 Å². The van der Waals surface area contributed by atoms with E-state index in [0.717, 1.165) is 12.8 Å². The molecule has 20 heavy (non-hydrogen) atoms. The number of piperazine rings is 1. The second-order valence-corrected chi connectivity index (χ2v) is 5.78. The molecule has 106 valence electrons. The molecule has 1 heterocycles. The summed E-state index contributed by atoms with van der Waals surface area (Å²) in [7, 11) is 0. The summed E-state index contributed by atoms with van der Waals surface area (Å²) in [5.74, 6) is 0.463. The quantitative estimate of drug-likeness (QED) is 0.837. The largest absolute Gasteiger partial charge is 0.339 e. The summed E-state index contributed by atoms with van der Waals surface area (Å²) in [6, 6.07) is 7.09. The van der Waals surface area contributed by atoms with Crippen molar-refractivity contribution in [2.24, 2.45) is 5.92 Å². The Bertz CT molecular complexity index is 534. The van der Waals surface area contributed by atoms with Crippen molar-refractivity contribution in [1.82, 2.24) is 9.80 Å². The molecular formula is C15H17ClN2O2. The van der Waals surface area contributed by atoms with Crippen molar-refractivity contribution < 1.29 is 9.59 Å². The molecule has 0 aromatic heterocycles. The minimum absolute atomic E-state index is 0.0471. The second kappa shape index (κ2) is 5.44. The van der Waals surface area contributed by atoms with Crippen LogP contribution < -0.4 is 0 Å². The van der Waals surface area contributed by atoms with Gasteiger partial charge in [-0.15, -0.1) is 0 Å². The Morgan fingerprint density at radius 2 is 1.60 bits per heavy atom.